The number of para-hydroxylation sites is 3. The minimum atomic E-state index is 0.538. The maximum atomic E-state index is 6.76. The minimum Gasteiger partial charge on any atom is -0.456 e. The van der Waals surface area contributed by atoms with Crippen LogP contribution in [0.3, 0.4) is 0 Å². The summed E-state index contributed by atoms with van der Waals surface area (Å²) in [5.74, 6) is 1.71. The van der Waals surface area contributed by atoms with Crippen molar-refractivity contribution in [3.63, 3.8) is 0 Å². The Morgan fingerprint density at radius 2 is 0.918 bits per heavy atom. The van der Waals surface area contributed by atoms with Gasteiger partial charge >= 0.3 is 0 Å². The van der Waals surface area contributed by atoms with Crippen molar-refractivity contribution < 1.29 is 8.83 Å². The van der Waals surface area contributed by atoms with Gasteiger partial charge in [-0.05, 0) is 58.3 Å². The first-order valence-electron chi connectivity index (χ1n) is 20.3. The molecule has 12 rings (SSSR count). The number of rotatable bonds is 7. The molecule has 3 heterocycles. The van der Waals surface area contributed by atoms with Crippen LogP contribution in [0, 0.1) is 0 Å². The molecule has 0 unspecified atom stereocenters. The van der Waals surface area contributed by atoms with Gasteiger partial charge in [0.25, 0.3) is 0 Å². The number of anilines is 3. The quantitative estimate of drug-likeness (QED) is 0.160. The molecule has 12 aromatic rings. The normalized spacial score (nSPS) is 11.6. The predicted octanol–water partition coefficient (Wildman–Crippen LogP) is 15.0. The second-order valence-electron chi connectivity index (χ2n) is 15.2. The summed E-state index contributed by atoms with van der Waals surface area (Å²) < 4.78 is 13.5. The lowest BCUT2D eigenvalue weighted by molar-refractivity contribution is 0.667. The zero-order valence-corrected chi connectivity index (χ0v) is 32.7. The summed E-state index contributed by atoms with van der Waals surface area (Å²) in [4.78, 5) is 18.0. The molecule has 9 aromatic carbocycles. The van der Waals surface area contributed by atoms with Crippen molar-refractivity contribution in [1.82, 2.24) is 15.0 Å². The van der Waals surface area contributed by atoms with Gasteiger partial charge in [0.05, 0.1) is 11.4 Å². The number of hydrogen-bond acceptors (Lipinski definition) is 6. The highest BCUT2D eigenvalue weighted by molar-refractivity contribution is 6.15. The van der Waals surface area contributed by atoms with E-state index in [0.29, 0.717) is 23.1 Å². The molecule has 61 heavy (non-hydrogen) atoms. The molecule has 0 N–H and O–H groups in total. The van der Waals surface area contributed by atoms with Crippen LogP contribution in [0.2, 0.25) is 0 Å². The number of nitrogens with zero attached hydrogens (tertiary/aromatic N) is 4. The highest BCUT2D eigenvalue weighted by Gasteiger charge is 2.25. The van der Waals surface area contributed by atoms with Crippen molar-refractivity contribution in [3.8, 4) is 45.3 Å². The summed E-state index contributed by atoms with van der Waals surface area (Å²) in [5.41, 5.74) is 10.7. The molecule has 286 valence electrons. The Morgan fingerprint density at radius 3 is 1.70 bits per heavy atom. The van der Waals surface area contributed by atoms with Gasteiger partial charge in [-0.2, -0.15) is 0 Å². The van der Waals surface area contributed by atoms with E-state index in [-0.39, 0.29) is 0 Å². The SMILES string of the molecule is c1ccc(-c2ccc(N(c3cc(-c4nc(-c5ccccc5)nc(-c5cccc6ccccc56)n4)c4c(c3)oc3ccccc34)c3cccc4c3oc3ccccc34)cc2)cc1. The van der Waals surface area contributed by atoms with Crippen LogP contribution >= 0.6 is 0 Å². The van der Waals surface area contributed by atoms with Crippen molar-refractivity contribution in [2.75, 3.05) is 4.90 Å². The van der Waals surface area contributed by atoms with Crippen molar-refractivity contribution in [2.24, 2.45) is 0 Å². The van der Waals surface area contributed by atoms with Gasteiger partial charge < -0.3 is 13.7 Å². The first-order chi connectivity index (χ1) is 30.2. The molecule has 6 heteroatoms. The van der Waals surface area contributed by atoms with E-state index < -0.39 is 0 Å². The number of fused-ring (bicyclic) bond motifs is 7. The molecule has 0 saturated carbocycles. The number of furan rings is 2. The standard InChI is InChI=1S/C55H34N4O2/c1-3-15-35(16-4-1)36-29-31-39(32-30-36)59(47-26-14-24-43-42-22-9-11-27-48(42)61-52(43)47)40-33-46(51-45-23-10-12-28-49(45)60-50(51)34-40)55-57-53(38-18-5-2-6-19-38)56-54(58-55)44-25-13-20-37-17-7-8-21-41(37)44/h1-34H. The molecule has 0 radical (unpaired) electrons. The molecule has 0 saturated heterocycles. The Hall–Kier alpha value is -8.35. The Kier molecular flexibility index (Phi) is 8.06. The zero-order chi connectivity index (χ0) is 40.3. The summed E-state index contributed by atoms with van der Waals surface area (Å²) in [7, 11) is 0. The molecule has 0 spiro atoms. The lowest BCUT2D eigenvalue weighted by Crippen LogP contribution is -2.11. The first kappa shape index (κ1) is 34.7. The third-order valence-electron chi connectivity index (χ3n) is 11.5. The average molecular weight is 783 g/mol. The second-order valence-corrected chi connectivity index (χ2v) is 15.2. The highest BCUT2D eigenvalue weighted by atomic mass is 16.3. The molecule has 0 aliphatic carbocycles. The average Bonchev–Trinajstić information content (AvgIpc) is 3.91. The van der Waals surface area contributed by atoms with E-state index in [1.807, 2.05) is 66.7 Å². The predicted molar refractivity (Wildman–Crippen MR) is 248 cm³/mol. The van der Waals surface area contributed by atoms with Gasteiger partial charge in [-0.1, -0.05) is 164 Å². The van der Waals surface area contributed by atoms with Gasteiger partial charge in [0, 0.05) is 50.0 Å². The lowest BCUT2D eigenvalue weighted by Gasteiger charge is -2.26. The van der Waals surface area contributed by atoms with Crippen LogP contribution in [0.15, 0.2) is 215 Å². The van der Waals surface area contributed by atoms with Crippen molar-refractivity contribution in [1.29, 1.82) is 0 Å². The van der Waals surface area contributed by atoms with Crippen LogP contribution < -0.4 is 4.90 Å². The van der Waals surface area contributed by atoms with E-state index in [2.05, 4.69) is 144 Å². The van der Waals surface area contributed by atoms with Gasteiger partial charge in [-0.15, -0.1) is 0 Å². The zero-order valence-electron chi connectivity index (χ0n) is 32.7. The van der Waals surface area contributed by atoms with Gasteiger partial charge in [0.15, 0.2) is 23.1 Å². The van der Waals surface area contributed by atoms with Crippen molar-refractivity contribution in [2.45, 2.75) is 0 Å². The van der Waals surface area contributed by atoms with Gasteiger partial charge in [-0.25, -0.2) is 15.0 Å². The molecule has 0 bridgehead atoms. The van der Waals surface area contributed by atoms with Gasteiger partial charge in [-0.3, -0.25) is 0 Å². The Bertz CT molecular complexity index is 3590. The van der Waals surface area contributed by atoms with E-state index >= 15 is 0 Å². The van der Waals surface area contributed by atoms with Crippen LogP contribution in [0.25, 0.3) is 99.9 Å². The molecule has 0 aliphatic rings. The van der Waals surface area contributed by atoms with Crippen molar-refractivity contribution >= 4 is 71.7 Å². The van der Waals surface area contributed by atoms with E-state index in [1.165, 1.54) is 0 Å². The van der Waals surface area contributed by atoms with Crippen LogP contribution in [0.1, 0.15) is 0 Å². The number of aromatic nitrogens is 3. The third-order valence-corrected chi connectivity index (χ3v) is 11.5. The summed E-state index contributed by atoms with van der Waals surface area (Å²) in [5, 5.41) is 6.18. The highest BCUT2D eigenvalue weighted by Crippen LogP contribution is 2.46. The number of hydrogen-bond donors (Lipinski definition) is 0. The molecular formula is C55H34N4O2. The molecule has 0 atom stereocenters. The largest absolute Gasteiger partial charge is 0.456 e. The summed E-state index contributed by atoms with van der Waals surface area (Å²) in [6, 6.07) is 70.9. The second kappa shape index (κ2) is 14.2. The molecule has 0 aliphatic heterocycles. The number of benzene rings is 9. The maximum absolute atomic E-state index is 6.76. The first-order valence-corrected chi connectivity index (χ1v) is 20.3. The van der Waals surface area contributed by atoms with Crippen molar-refractivity contribution in [3.05, 3.63) is 206 Å². The lowest BCUT2D eigenvalue weighted by atomic mass is 10.0. The van der Waals surface area contributed by atoms with Gasteiger partial charge in [0.1, 0.15) is 16.7 Å². The smallest absolute Gasteiger partial charge is 0.164 e. The summed E-state index contributed by atoms with van der Waals surface area (Å²) in [6.45, 7) is 0. The van der Waals surface area contributed by atoms with E-state index in [9.17, 15) is 0 Å². The van der Waals surface area contributed by atoms with E-state index in [0.717, 1.165) is 93.9 Å². The molecule has 0 amide bonds. The van der Waals surface area contributed by atoms with Crippen LogP contribution in [0.5, 0.6) is 0 Å². The molecular weight excluding hydrogens is 749 g/mol. The Labute approximate surface area is 350 Å². The molecule has 0 fully saturated rings. The topological polar surface area (TPSA) is 68.2 Å². The van der Waals surface area contributed by atoms with Crippen LogP contribution in [-0.4, -0.2) is 15.0 Å². The summed E-state index contributed by atoms with van der Waals surface area (Å²) >= 11 is 0. The monoisotopic (exact) mass is 782 g/mol. The third kappa shape index (κ3) is 5.92. The Balaban J connectivity index is 1.15. The van der Waals surface area contributed by atoms with Crippen LogP contribution in [0.4, 0.5) is 17.1 Å². The maximum Gasteiger partial charge on any atom is 0.164 e. The Morgan fingerprint density at radius 1 is 0.344 bits per heavy atom. The fourth-order valence-electron chi connectivity index (χ4n) is 8.67. The van der Waals surface area contributed by atoms with E-state index in [4.69, 9.17) is 23.8 Å². The van der Waals surface area contributed by atoms with Gasteiger partial charge in [0.2, 0.25) is 0 Å². The fourth-order valence-corrected chi connectivity index (χ4v) is 8.67. The van der Waals surface area contributed by atoms with E-state index in [1.54, 1.807) is 0 Å². The summed E-state index contributed by atoms with van der Waals surface area (Å²) in [6.07, 6.45) is 0. The van der Waals surface area contributed by atoms with Crippen LogP contribution in [-0.2, 0) is 0 Å². The fraction of sp³-hybridized carbons (Fsp3) is 0. The molecule has 6 nitrogen and oxygen atoms in total. The molecule has 3 aromatic heterocycles. The minimum absolute atomic E-state index is 0.538.